The van der Waals surface area contributed by atoms with Gasteiger partial charge in [-0.3, -0.25) is 0 Å². The highest BCUT2D eigenvalue weighted by atomic mass is 14.9. The van der Waals surface area contributed by atoms with Gasteiger partial charge in [-0.25, -0.2) is 0 Å². The summed E-state index contributed by atoms with van der Waals surface area (Å²) in [6, 6.07) is 4.53. The topological polar surface area (TPSA) is 24.1 Å². The summed E-state index contributed by atoms with van der Waals surface area (Å²) in [5, 5.41) is 6.68. The maximum atomic E-state index is 3.52. The van der Waals surface area contributed by atoms with E-state index in [1.807, 2.05) is 7.05 Å². The molecule has 0 saturated carbocycles. The zero-order chi connectivity index (χ0) is 13.8. The average Bonchev–Trinajstić information content (AvgIpc) is 2.31. The van der Waals surface area contributed by atoms with Gasteiger partial charge in [0.2, 0.25) is 0 Å². The van der Waals surface area contributed by atoms with Crippen molar-refractivity contribution in [2.75, 3.05) is 26.7 Å². The van der Waals surface area contributed by atoms with Crippen molar-refractivity contribution in [2.24, 2.45) is 0 Å². The van der Waals surface area contributed by atoms with Crippen molar-refractivity contribution >= 4 is 0 Å². The minimum atomic E-state index is 0.177. The quantitative estimate of drug-likeness (QED) is 0.756. The predicted molar refractivity (Wildman–Crippen MR) is 80.5 cm³/mol. The maximum Gasteiger partial charge on any atom is 0.00769 e. The lowest BCUT2D eigenvalue weighted by atomic mass is 9.80. The number of hydrogen-bond donors (Lipinski definition) is 2. The van der Waals surface area contributed by atoms with Gasteiger partial charge in [-0.1, -0.05) is 26.0 Å². The minimum Gasteiger partial charge on any atom is -0.318 e. The number of hydrogen-bond acceptors (Lipinski definition) is 2. The number of rotatable bonds is 6. The fourth-order valence-electron chi connectivity index (χ4n) is 2.40. The first-order chi connectivity index (χ1) is 8.40. The first-order valence-electron chi connectivity index (χ1n) is 6.82. The molecule has 0 aliphatic carbocycles. The van der Waals surface area contributed by atoms with Crippen molar-refractivity contribution in [1.29, 1.82) is 0 Å². The largest absolute Gasteiger partial charge is 0.318 e. The molecule has 102 valence electrons. The molecule has 2 heteroatoms. The minimum absolute atomic E-state index is 0.177. The Labute approximate surface area is 112 Å². The molecule has 0 aliphatic rings. The summed E-state index contributed by atoms with van der Waals surface area (Å²) in [6.07, 6.45) is 0. The number of benzene rings is 1. The highest BCUT2D eigenvalue weighted by Crippen LogP contribution is 2.28. The molecule has 1 aromatic carbocycles. The monoisotopic (exact) mass is 248 g/mol. The summed E-state index contributed by atoms with van der Waals surface area (Å²) in [7, 11) is 1.99. The Morgan fingerprint density at radius 2 is 1.67 bits per heavy atom. The molecule has 0 atom stereocenters. The molecule has 0 saturated heterocycles. The summed E-state index contributed by atoms with van der Waals surface area (Å²) >= 11 is 0. The van der Waals surface area contributed by atoms with Gasteiger partial charge in [0.25, 0.3) is 0 Å². The zero-order valence-electron chi connectivity index (χ0n) is 12.8. The molecular weight excluding hydrogens is 220 g/mol. The SMILES string of the molecule is CNCCNCC(C)(C)c1ccc(C)c(C)c1C. The van der Waals surface area contributed by atoms with Gasteiger partial charge < -0.3 is 10.6 Å². The van der Waals surface area contributed by atoms with Crippen LogP contribution >= 0.6 is 0 Å². The molecule has 0 bridgehead atoms. The van der Waals surface area contributed by atoms with Crippen LogP contribution < -0.4 is 10.6 Å². The molecular formula is C16H28N2. The van der Waals surface area contributed by atoms with E-state index < -0.39 is 0 Å². The van der Waals surface area contributed by atoms with E-state index in [0.29, 0.717) is 0 Å². The fraction of sp³-hybridized carbons (Fsp3) is 0.625. The van der Waals surface area contributed by atoms with Crippen LogP contribution in [0, 0.1) is 20.8 Å². The Kier molecular flexibility index (Phi) is 5.36. The summed E-state index contributed by atoms with van der Waals surface area (Å²) in [4.78, 5) is 0. The number of aryl methyl sites for hydroxylation is 1. The van der Waals surface area contributed by atoms with Crippen LogP contribution in [0.4, 0.5) is 0 Å². The van der Waals surface area contributed by atoms with Crippen molar-refractivity contribution in [3.8, 4) is 0 Å². The van der Waals surface area contributed by atoms with Gasteiger partial charge >= 0.3 is 0 Å². The second-order valence-electron chi connectivity index (χ2n) is 5.84. The van der Waals surface area contributed by atoms with E-state index in [4.69, 9.17) is 0 Å². The van der Waals surface area contributed by atoms with Crippen molar-refractivity contribution in [2.45, 2.75) is 40.0 Å². The van der Waals surface area contributed by atoms with Gasteiger partial charge in [-0.15, -0.1) is 0 Å². The van der Waals surface area contributed by atoms with Gasteiger partial charge in [-0.2, -0.15) is 0 Å². The van der Waals surface area contributed by atoms with Gasteiger partial charge in [-0.05, 0) is 50.1 Å². The van der Waals surface area contributed by atoms with Crippen LogP contribution in [-0.2, 0) is 5.41 Å². The number of likely N-dealkylation sites (N-methyl/N-ethyl adjacent to an activating group) is 1. The van der Waals surface area contributed by atoms with Gasteiger partial charge in [0.1, 0.15) is 0 Å². The molecule has 0 heterocycles. The van der Waals surface area contributed by atoms with Crippen molar-refractivity contribution < 1.29 is 0 Å². The normalized spacial score (nSPS) is 11.9. The smallest absolute Gasteiger partial charge is 0.00769 e. The third-order valence-electron chi connectivity index (χ3n) is 3.91. The van der Waals surface area contributed by atoms with E-state index in [1.165, 1.54) is 22.3 Å². The van der Waals surface area contributed by atoms with E-state index >= 15 is 0 Å². The van der Waals surface area contributed by atoms with Gasteiger partial charge in [0.15, 0.2) is 0 Å². The van der Waals surface area contributed by atoms with Crippen LogP contribution in [-0.4, -0.2) is 26.7 Å². The molecule has 18 heavy (non-hydrogen) atoms. The lowest BCUT2D eigenvalue weighted by Crippen LogP contribution is -2.36. The Hall–Kier alpha value is -0.860. The Bertz CT molecular complexity index is 394. The van der Waals surface area contributed by atoms with E-state index in [2.05, 4.69) is 57.4 Å². The van der Waals surface area contributed by atoms with E-state index in [0.717, 1.165) is 19.6 Å². The lowest BCUT2D eigenvalue weighted by molar-refractivity contribution is 0.466. The fourth-order valence-corrected chi connectivity index (χ4v) is 2.40. The maximum absolute atomic E-state index is 3.52. The summed E-state index contributed by atoms with van der Waals surface area (Å²) in [5.74, 6) is 0. The first-order valence-corrected chi connectivity index (χ1v) is 6.82. The molecule has 1 aromatic rings. The van der Waals surface area contributed by atoms with Crippen LogP contribution in [0.15, 0.2) is 12.1 Å². The van der Waals surface area contributed by atoms with Crippen molar-refractivity contribution in [3.05, 3.63) is 34.4 Å². The van der Waals surface area contributed by atoms with Crippen LogP contribution in [0.25, 0.3) is 0 Å². The molecule has 0 unspecified atom stereocenters. The molecule has 0 spiro atoms. The molecule has 0 aromatic heterocycles. The van der Waals surface area contributed by atoms with Crippen LogP contribution in [0.5, 0.6) is 0 Å². The highest BCUT2D eigenvalue weighted by Gasteiger charge is 2.22. The summed E-state index contributed by atoms with van der Waals surface area (Å²) < 4.78 is 0. The molecule has 0 fully saturated rings. The molecule has 2 nitrogen and oxygen atoms in total. The molecule has 0 radical (unpaired) electrons. The third-order valence-corrected chi connectivity index (χ3v) is 3.91. The Balaban J connectivity index is 2.81. The van der Waals surface area contributed by atoms with Crippen molar-refractivity contribution in [3.63, 3.8) is 0 Å². The molecule has 2 N–H and O–H groups in total. The summed E-state index contributed by atoms with van der Waals surface area (Å²) in [5.41, 5.74) is 5.89. The van der Waals surface area contributed by atoms with E-state index in [1.54, 1.807) is 0 Å². The van der Waals surface area contributed by atoms with Crippen molar-refractivity contribution in [1.82, 2.24) is 10.6 Å². The zero-order valence-corrected chi connectivity index (χ0v) is 12.8. The van der Waals surface area contributed by atoms with E-state index in [9.17, 15) is 0 Å². The standard InChI is InChI=1S/C16H28N2/c1-12-7-8-15(14(3)13(12)2)16(4,5)11-18-10-9-17-6/h7-8,17-18H,9-11H2,1-6H3. The average molecular weight is 248 g/mol. The second kappa shape index (κ2) is 6.35. The number of nitrogens with one attached hydrogen (secondary N) is 2. The predicted octanol–water partition coefficient (Wildman–Crippen LogP) is 2.70. The molecule has 0 amide bonds. The van der Waals surface area contributed by atoms with Gasteiger partial charge in [0.05, 0.1) is 0 Å². The first kappa shape index (κ1) is 15.2. The Morgan fingerprint density at radius 3 is 2.28 bits per heavy atom. The van der Waals surface area contributed by atoms with Crippen LogP contribution in [0.3, 0.4) is 0 Å². The van der Waals surface area contributed by atoms with Crippen LogP contribution in [0.1, 0.15) is 36.1 Å². The van der Waals surface area contributed by atoms with Gasteiger partial charge in [0, 0.05) is 25.0 Å². The lowest BCUT2D eigenvalue weighted by Gasteiger charge is -2.29. The second-order valence-corrected chi connectivity index (χ2v) is 5.84. The van der Waals surface area contributed by atoms with E-state index in [-0.39, 0.29) is 5.41 Å². The molecule has 1 rings (SSSR count). The summed E-state index contributed by atoms with van der Waals surface area (Å²) in [6.45, 7) is 14.3. The Morgan fingerprint density at radius 1 is 1.00 bits per heavy atom. The highest BCUT2D eigenvalue weighted by molar-refractivity contribution is 5.42. The van der Waals surface area contributed by atoms with Crippen LogP contribution in [0.2, 0.25) is 0 Å². The third kappa shape index (κ3) is 3.56. The molecule has 0 aliphatic heterocycles.